The summed E-state index contributed by atoms with van der Waals surface area (Å²) in [6, 6.07) is 4.78. The smallest absolute Gasteiger partial charge is 0.123 e. The molecule has 0 unspecified atom stereocenters. The second kappa shape index (κ2) is 4.99. The summed E-state index contributed by atoms with van der Waals surface area (Å²) >= 11 is 0. The van der Waals surface area contributed by atoms with E-state index in [1.54, 1.807) is 10.7 Å². The number of nitrogens with zero attached hydrogens (tertiary/aromatic N) is 2. The number of hydrogen-bond donors (Lipinski definition) is 1. The fourth-order valence-electron chi connectivity index (χ4n) is 1.77. The van der Waals surface area contributed by atoms with E-state index in [4.69, 9.17) is 0 Å². The molecule has 0 atom stereocenters. The maximum Gasteiger partial charge on any atom is 0.123 e. The van der Waals surface area contributed by atoms with Crippen LogP contribution in [0.5, 0.6) is 0 Å². The van der Waals surface area contributed by atoms with Crippen LogP contribution < -0.4 is 5.32 Å². The Hall–Kier alpha value is -1.84. The number of anilines is 1. The van der Waals surface area contributed by atoms with Crippen molar-refractivity contribution in [2.45, 2.75) is 13.3 Å². The van der Waals surface area contributed by atoms with Gasteiger partial charge in [-0.05, 0) is 42.7 Å². The lowest BCUT2D eigenvalue weighted by atomic mass is 10.2. The van der Waals surface area contributed by atoms with Crippen LogP contribution in [0.3, 0.4) is 0 Å². The van der Waals surface area contributed by atoms with E-state index in [2.05, 4.69) is 10.4 Å². The first kappa shape index (κ1) is 11.6. The third kappa shape index (κ3) is 3.06. The Balaban J connectivity index is 1.90. The Morgan fingerprint density at radius 3 is 2.88 bits per heavy atom. The topological polar surface area (TPSA) is 29.9 Å². The molecule has 17 heavy (non-hydrogen) atoms. The minimum Gasteiger partial charge on any atom is -0.384 e. The Kier molecular flexibility index (Phi) is 3.42. The molecule has 0 aliphatic carbocycles. The zero-order chi connectivity index (χ0) is 12.3. The van der Waals surface area contributed by atoms with Crippen LogP contribution in [0.15, 0.2) is 30.6 Å². The second-order valence-corrected chi connectivity index (χ2v) is 4.16. The highest BCUT2D eigenvalue weighted by Crippen LogP contribution is 2.15. The fraction of sp³-hybridized carbons (Fsp3) is 0.308. The first-order chi connectivity index (χ1) is 8.15. The fourth-order valence-corrected chi connectivity index (χ4v) is 1.77. The number of hydrogen-bond acceptors (Lipinski definition) is 2. The quantitative estimate of drug-likeness (QED) is 0.879. The average molecular weight is 233 g/mol. The van der Waals surface area contributed by atoms with E-state index in [1.807, 2.05) is 26.4 Å². The van der Waals surface area contributed by atoms with Gasteiger partial charge in [0.2, 0.25) is 0 Å². The number of aromatic nitrogens is 2. The number of nitrogens with one attached hydrogen (secondary N) is 1. The number of aryl methyl sites for hydroxylation is 2. The highest BCUT2D eigenvalue weighted by Gasteiger charge is 2.00. The molecule has 0 spiro atoms. The van der Waals surface area contributed by atoms with Gasteiger partial charge < -0.3 is 5.32 Å². The molecule has 0 saturated carbocycles. The first-order valence-corrected chi connectivity index (χ1v) is 5.63. The third-order valence-electron chi connectivity index (χ3n) is 2.68. The van der Waals surface area contributed by atoms with Crippen LogP contribution >= 0.6 is 0 Å². The van der Waals surface area contributed by atoms with E-state index in [0.717, 1.165) is 24.2 Å². The van der Waals surface area contributed by atoms with E-state index < -0.39 is 0 Å². The predicted octanol–water partition coefficient (Wildman–Crippen LogP) is 2.52. The molecule has 1 N–H and O–H groups in total. The van der Waals surface area contributed by atoms with Gasteiger partial charge in [0.05, 0.1) is 6.20 Å². The van der Waals surface area contributed by atoms with Crippen LogP contribution in [0.4, 0.5) is 10.1 Å². The molecular formula is C13H16FN3. The van der Waals surface area contributed by atoms with Gasteiger partial charge in [0.1, 0.15) is 5.82 Å². The van der Waals surface area contributed by atoms with E-state index in [1.165, 1.54) is 17.7 Å². The van der Waals surface area contributed by atoms with Gasteiger partial charge in [-0.15, -0.1) is 0 Å². The summed E-state index contributed by atoms with van der Waals surface area (Å²) in [5, 5.41) is 7.40. The molecule has 2 rings (SSSR count). The molecule has 0 aliphatic heterocycles. The predicted molar refractivity (Wildman–Crippen MR) is 66.5 cm³/mol. The van der Waals surface area contributed by atoms with Crippen LogP contribution in [0.2, 0.25) is 0 Å². The van der Waals surface area contributed by atoms with Gasteiger partial charge >= 0.3 is 0 Å². The summed E-state index contributed by atoms with van der Waals surface area (Å²) in [6.45, 7) is 2.72. The molecule has 1 aromatic heterocycles. The van der Waals surface area contributed by atoms with Gasteiger partial charge in [-0.25, -0.2) is 4.39 Å². The molecule has 4 heteroatoms. The van der Waals surface area contributed by atoms with Gasteiger partial charge in [-0.2, -0.15) is 5.10 Å². The molecule has 0 fully saturated rings. The minimum atomic E-state index is -0.194. The van der Waals surface area contributed by atoms with Crippen molar-refractivity contribution in [1.29, 1.82) is 0 Å². The number of halogens is 1. The lowest BCUT2D eigenvalue weighted by Gasteiger charge is -2.08. The first-order valence-electron chi connectivity index (χ1n) is 5.63. The number of rotatable bonds is 4. The van der Waals surface area contributed by atoms with Crippen LogP contribution in [0.25, 0.3) is 0 Å². The molecule has 2 aromatic rings. The molecule has 0 saturated heterocycles. The van der Waals surface area contributed by atoms with Crippen LogP contribution in [0.1, 0.15) is 11.1 Å². The molecule has 3 nitrogen and oxygen atoms in total. The molecule has 0 amide bonds. The number of benzene rings is 1. The van der Waals surface area contributed by atoms with Crippen molar-refractivity contribution >= 4 is 5.69 Å². The average Bonchev–Trinajstić information content (AvgIpc) is 2.68. The molecule has 0 aliphatic rings. The molecule has 90 valence electrons. The Morgan fingerprint density at radius 1 is 1.41 bits per heavy atom. The molecular weight excluding hydrogens is 217 g/mol. The summed E-state index contributed by atoms with van der Waals surface area (Å²) in [6.07, 6.45) is 4.77. The Bertz CT molecular complexity index is 505. The molecule has 0 radical (unpaired) electrons. The Morgan fingerprint density at radius 2 is 2.24 bits per heavy atom. The van der Waals surface area contributed by atoms with Crippen molar-refractivity contribution in [3.05, 3.63) is 47.5 Å². The van der Waals surface area contributed by atoms with E-state index in [0.29, 0.717) is 0 Å². The highest BCUT2D eigenvalue weighted by molar-refractivity contribution is 5.50. The van der Waals surface area contributed by atoms with E-state index >= 15 is 0 Å². The van der Waals surface area contributed by atoms with Gasteiger partial charge in [-0.1, -0.05) is 0 Å². The summed E-state index contributed by atoms with van der Waals surface area (Å²) in [5.74, 6) is -0.194. The summed E-state index contributed by atoms with van der Waals surface area (Å²) < 4.78 is 14.7. The summed E-state index contributed by atoms with van der Waals surface area (Å²) in [7, 11) is 1.90. The zero-order valence-corrected chi connectivity index (χ0v) is 10.1. The van der Waals surface area contributed by atoms with Gasteiger partial charge in [0, 0.05) is 25.5 Å². The van der Waals surface area contributed by atoms with Crippen molar-refractivity contribution in [3.8, 4) is 0 Å². The molecule has 1 aromatic carbocycles. The van der Waals surface area contributed by atoms with E-state index in [-0.39, 0.29) is 5.82 Å². The van der Waals surface area contributed by atoms with E-state index in [9.17, 15) is 4.39 Å². The summed E-state index contributed by atoms with van der Waals surface area (Å²) in [4.78, 5) is 0. The third-order valence-corrected chi connectivity index (χ3v) is 2.68. The maximum absolute atomic E-state index is 12.9. The van der Waals surface area contributed by atoms with Crippen LogP contribution in [-0.4, -0.2) is 16.3 Å². The zero-order valence-electron chi connectivity index (χ0n) is 10.1. The van der Waals surface area contributed by atoms with Crippen LogP contribution in [0, 0.1) is 12.7 Å². The van der Waals surface area contributed by atoms with Crippen molar-refractivity contribution < 1.29 is 4.39 Å². The van der Waals surface area contributed by atoms with Crippen molar-refractivity contribution in [2.75, 3.05) is 11.9 Å². The SMILES string of the molecule is Cc1cc(F)ccc1NCCc1cnn(C)c1. The second-order valence-electron chi connectivity index (χ2n) is 4.16. The van der Waals surface area contributed by atoms with Gasteiger partial charge in [0.25, 0.3) is 0 Å². The summed E-state index contributed by atoms with van der Waals surface area (Å²) in [5.41, 5.74) is 3.10. The van der Waals surface area contributed by atoms with Gasteiger partial charge in [0.15, 0.2) is 0 Å². The standard InChI is InChI=1S/C13H16FN3/c1-10-7-12(14)3-4-13(10)15-6-5-11-8-16-17(2)9-11/h3-4,7-9,15H,5-6H2,1-2H3. The minimum absolute atomic E-state index is 0.194. The van der Waals surface area contributed by atoms with Crippen LogP contribution in [-0.2, 0) is 13.5 Å². The maximum atomic E-state index is 12.9. The highest BCUT2D eigenvalue weighted by atomic mass is 19.1. The normalized spacial score (nSPS) is 10.5. The molecule has 0 bridgehead atoms. The van der Waals surface area contributed by atoms with Crippen molar-refractivity contribution in [1.82, 2.24) is 9.78 Å². The Labute approximate surface area is 100 Å². The van der Waals surface area contributed by atoms with Crippen molar-refractivity contribution in [2.24, 2.45) is 7.05 Å². The molecule has 1 heterocycles. The largest absolute Gasteiger partial charge is 0.384 e. The van der Waals surface area contributed by atoms with Gasteiger partial charge in [-0.3, -0.25) is 4.68 Å². The van der Waals surface area contributed by atoms with Crippen molar-refractivity contribution in [3.63, 3.8) is 0 Å². The lowest BCUT2D eigenvalue weighted by Crippen LogP contribution is -2.05. The lowest BCUT2D eigenvalue weighted by molar-refractivity contribution is 0.627. The monoisotopic (exact) mass is 233 g/mol.